The highest BCUT2D eigenvalue weighted by molar-refractivity contribution is 7.99. The van der Waals surface area contributed by atoms with E-state index in [1.54, 1.807) is 12.1 Å². The molecule has 0 spiro atoms. The van der Waals surface area contributed by atoms with Gasteiger partial charge in [0.25, 0.3) is 11.6 Å². The van der Waals surface area contributed by atoms with Crippen LogP contribution in [0.2, 0.25) is 0 Å². The lowest BCUT2D eigenvalue weighted by molar-refractivity contribution is -0.385. The first-order chi connectivity index (χ1) is 16.4. The number of non-ortho nitro benzene ring substituents is 1. The van der Waals surface area contributed by atoms with Crippen molar-refractivity contribution in [1.29, 1.82) is 0 Å². The fraction of sp³-hybridized carbons (Fsp3) is 0.0800. The number of furan rings is 1. The van der Waals surface area contributed by atoms with E-state index in [1.165, 1.54) is 54.2 Å². The van der Waals surface area contributed by atoms with Crippen LogP contribution in [0, 0.1) is 22.9 Å². The van der Waals surface area contributed by atoms with Crippen LogP contribution in [0.1, 0.15) is 21.9 Å². The van der Waals surface area contributed by atoms with Crippen LogP contribution < -0.4 is 10.1 Å². The third kappa shape index (κ3) is 6.02. The Bertz CT molecular complexity index is 1320. The van der Waals surface area contributed by atoms with Crippen LogP contribution in [0.15, 0.2) is 93.1 Å². The normalized spacial score (nSPS) is 10.6. The molecule has 172 valence electrons. The molecule has 9 heteroatoms. The monoisotopic (exact) mass is 478 g/mol. The zero-order valence-corrected chi connectivity index (χ0v) is 18.8. The van der Waals surface area contributed by atoms with Crippen molar-refractivity contribution in [3.63, 3.8) is 0 Å². The number of rotatable bonds is 8. The third-order valence-electron chi connectivity index (χ3n) is 4.70. The van der Waals surface area contributed by atoms with Crippen molar-refractivity contribution >= 4 is 29.0 Å². The summed E-state index contributed by atoms with van der Waals surface area (Å²) in [5.41, 5.74) is 1.24. The van der Waals surface area contributed by atoms with Gasteiger partial charge in [0.1, 0.15) is 23.9 Å². The van der Waals surface area contributed by atoms with Crippen LogP contribution in [-0.4, -0.2) is 10.8 Å². The second-order valence-corrected chi connectivity index (χ2v) is 8.50. The minimum atomic E-state index is -0.556. The van der Waals surface area contributed by atoms with Crippen molar-refractivity contribution < 1.29 is 23.3 Å². The molecule has 0 unspecified atom stereocenters. The fourth-order valence-electron chi connectivity index (χ4n) is 3.02. The van der Waals surface area contributed by atoms with Crippen molar-refractivity contribution in [2.45, 2.75) is 23.3 Å². The molecule has 0 saturated heterocycles. The minimum Gasteiger partial charge on any atom is -0.486 e. The Hall–Kier alpha value is -4.11. The first-order valence-corrected chi connectivity index (χ1v) is 11.0. The number of amides is 1. The summed E-state index contributed by atoms with van der Waals surface area (Å²) in [6, 6.07) is 20.8. The maximum atomic E-state index is 13.0. The van der Waals surface area contributed by atoms with Crippen LogP contribution in [0.25, 0.3) is 0 Å². The highest BCUT2D eigenvalue weighted by atomic mass is 32.2. The van der Waals surface area contributed by atoms with E-state index in [0.29, 0.717) is 16.4 Å². The second kappa shape index (κ2) is 10.2. The first kappa shape index (κ1) is 23.1. The van der Waals surface area contributed by atoms with Gasteiger partial charge in [0.2, 0.25) is 0 Å². The SMILES string of the molecule is Cc1ccc(Sc2cc(NC(=O)c3ccc(COc4ccc(F)cc4)o3)cc([N+](=O)[O-])c2)cc1. The van der Waals surface area contributed by atoms with Crippen molar-refractivity contribution in [2.75, 3.05) is 5.32 Å². The minimum absolute atomic E-state index is 0.0250. The van der Waals surface area contributed by atoms with Crippen LogP contribution in [-0.2, 0) is 6.61 Å². The van der Waals surface area contributed by atoms with Gasteiger partial charge in [0.05, 0.1) is 4.92 Å². The Morgan fingerprint density at radius 3 is 2.47 bits per heavy atom. The maximum absolute atomic E-state index is 13.0. The van der Waals surface area contributed by atoms with Crippen LogP contribution in [0.4, 0.5) is 15.8 Å². The molecule has 3 aromatic carbocycles. The number of benzene rings is 3. The molecule has 0 aliphatic carbocycles. The van der Waals surface area contributed by atoms with E-state index in [0.717, 1.165) is 10.5 Å². The Labute approximate surface area is 198 Å². The molecule has 0 bridgehead atoms. The Morgan fingerprint density at radius 2 is 1.76 bits per heavy atom. The summed E-state index contributed by atoms with van der Waals surface area (Å²) in [5.74, 6) is -0.0502. The lowest BCUT2D eigenvalue weighted by Crippen LogP contribution is -2.11. The van der Waals surface area contributed by atoms with E-state index in [9.17, 15) is 19.3 Å². The van der Waals surface area contributed by atoms with Gasteiger partial charge in [-0.15, -0.1) is 0 Å². The van der Waals surface area contributed by atoms with E-state index < -0.39 is 10.8 Å². The Morgan fingerprint density at radius 1 is 1.03 bits per heavy atom. The molecule has 0 saturated carbocycles. The number of nitrogens with zero attached hydrogens (tertiary/aromatic N) is 1. The van der Waals surface area contributed by atoms with Gasteiger partial charge >= 0.3 is 0 Å². The zero-order chi connectivity index (χ0) is 24.1. The summed E-state index contributed by atoms with van der Waals surface area (Å²) in [7, 11) is 0. The lowest BCUT2D eigenvalue weighted by atomic mass is 10.2. The lowest BCUT2D eigenvalue weighted by Gasteiger charge is -2.08. The van der Waals surface area contributed by atoms with Crippen molar-refractivity contribution in [3.05, 3.63) is 112 Å². The van der Waals surface area contributed by atoms with Gasteiger partial charge in [-0.05, 0) is 61.5 Å². The van der Waals surface area contributed by atoms with E-state index in [2.05, 4.69) is 5.32 Å². The predicted octanol–water partition coefficient (Wildman–Crippen LogP) is 6.62. The smallest absolute Gasteiger partial charge is 0.291 e. The number of hydrogen-bond acceptors (Lipinski definition) is 6. The van der Waals surface area contributed by atoms with E-state index in [1.807, 2.05) is 31.2 Å². The quantitative estimate of drug-likeness (QED) is 0.226. The topological polar surface area (TPSA) is 94.6 Å². The van der Waals surface area contributed by atoms with Gasteiger partial charge in [-0.1, -0.05) is 29.5 Å². The molecule has 1 N–H and O–H groups in total. The number of halogens is 1. The molecule has 0 fully saturated rings. The summed E-state index contributed by atoms with van der Waals surface area (Å²) in [6.07, 6.45) is 0. The number of hydrogen-bond donors (Lipinski definition) is 1. The highest BCUT2D eigenvalue weighted by Crippen LogP contribution is 2.33. The molecular formula is C25H19FN2O5S. The number of nitro groups is 1. The third-order valence-corrected chi connectivity index (χ3v) is 5.68. The summed E-state index contributed by atoms with van der Waals surface area (Å²) in [6.45, 7) is 2.03. The molecule has 4 aromatic rings. The molecule has 1 aromatic heterocycles. The number of carbonyl (C=O) groups excluding carboxylic acids is 1. The number of aryl methyl sites for hydroxylation is 1. The summed E-state index contributed by atoms with van der Waals surface area (Å²) >= 11 is 1.36. The zero-order valence-electron chi connectivity index (χ0n) is 18.0. The van der Waals surface area contributed by atoms with Gasteiger partial charge in [-0.25, -0.2) is 4.39 Å². The Balaban J connectivity index is 1.45. The highest BCUT2D eigenvalue weighted by Gasteiger charge is 2.16. The summed E-state index contributed by atoms with van der Waals surface area (Å²) < 4.78 is 24.0. The van der Waals surface area contributed by atoms with Gasteiger partial charge in [0, 0.05) is 27.6 Å². The molecule has 1 heterocycles. The molecule has 7 nitrogen and oxygen atoms in total. The number of carbonyl (C=O) groups is 1. The first-order valence-electron chi connectivity index (χ1n) is 10.2. The number of ether oxygens (including phenoxy) is 1. The van der Waals surface area contributed by atoms with Crippen LogP contribution >= 0.6 is 11.8 Å². The molecule has 34 heavy (non-hydrogen) atoms. The van der Waals surface area contributed by atoms with E-state index in [4.69, 9.17) is 9.15 Å². The molecule has 0 aliphatic rings. The summed E-state index contributed by atoms with van der Waals surface area (Å²) in [5, 5.41) is 14.0. The number of nitrogens with one attached hydrogen (secondary N) is 1. The number of anilines is 1. The standard InChI is InChI=1S/C25H19FN2O5S/c1-16-2-9-22(10-3-16)34-23-13-18(12-19(14-23)28(30)31)27-25(29)24-11-8-21(33-24)15-32-20-6-4-17(26)5-7-20/h2-14H,15H2,1H3,(H,27,29). The fourth-order valence-corrected chi connectivity index (χ4v) is 3.93. The largest absolute Gasteiger partial charge is 0.486 e. The average Bonchev–Trinajstić information content (AvgIpc) is 3.29. The molecular weight excluding hydrogens is 459 g/mol. The van der Waals surface area contributed by atoms with Gasteiger partial charge in [0.15, 0.2) is 5.76 Å². The van der Waals surface area contributed by atoms with Crippen LogP contribution in [0.3, 0.4) is 0 Å². The number of nitro benzene ring substituents is 1. The molecule has 0 radical (unpaired) electrons. The average molecular weight is 479 g/mol. The van der Waals surface area contributed by atoms with Crippen LogP contribution in [0.5, 0.6) is 5.75 Å². The van der Waals surface area contributed by atoms with E-state index in [-0.39, 0.29) is 29.6 Å². The van der Waals surface area contributed by atoms with Crippen molar-refractivity contribution in [2.24, 2.45) is 0 Å². The van der Waals surface area contributed by atoms with Gasteiger partial charge in [-0.3, -0.25) is 14.9 Å². The second-order valence-electron chi connectivity index (χ2n) is 7.35. The molecule has 0 aliphatic heterocycles. The maximum Gasteiger partial charge on any atom is 0.291 e. The van der Waals surface area contributed by atoms with Gasteiger partial charge in [-0.2, -0.15) is 0 Å². The summed E-state index contributed by atoms with van der Waals surface area (Å²) in [4.78, 5) is 25.1. The van der Waals surface area contributed by atoms with Gasteiger partial charge < -0.3 is 14.5 Å². The predicted molar refractivity (Wildman–Crippen MR) is 126 cm³/mol. The molecule has 0 atom stereocenters. The molecule has 1 amide bonds. The van der Waals surface area contributed by atoms with Crippen molar-refractivity contribution in [3.8, 4) is 5.75 Å². The molecule has 4 rings (SSSR count). The van der Waals surface area contributed by atoms with Crippen molar-refractivity contribution in [1.82, 2.24) is 0 Å². The Kier molecular flexibility index (Phi) is 6.93. The van der Waals surface area contributed by atoms with E-state index >= 15 is 0 Å².